The second kappa shape index (κ2) is 7.32. The van der Waals surface area contributed by atoms with Gasteiger partial charge in [-0.1, -0.05) is 23.8 Å². The van der Waals surface area contributed by atoms with Crippen LogP contribution >= 0.6 is 0 Å². The number of nitrogens with one attached hydrogen (secondary N) is 2. The van der Waals surface area contributed by atoms with Crippen LogP contribution in [0.5, 0.6) is 0 Å². The summed E-state index contributed by atoms with van der Waals surface area (Å²) in [5.41, 5.74) is 3.28. The number of benzene rings is 1. The average molecular weight is 319 g/mol. The van der Waals surface area contributed by atoms with Crippen molar-refractivity contribution in [3.05, 3.63) is 77.9 Å². The molecule has 6 heteroatoms. The molecule has 0 saturated carbocycles. The lowest BCUT2D eigenvalue weighted by Gasteiger charge is -2.07. The smallest absolute Gasteiger partial charge is 0.254 e. The van der Waals surface area contributed by atoms with Crippen LogP contribution in [-0.2, 0) is 6.54 Å². The summed E-state index contributed by atoms with van der Waals surface area (Å²) in [5.74, 6) is 0.211. The molecule has 0 aliphatic heterocycles. The number of hydrogen-bond donors (Lipinski definition) is 2. The lowest BCUT2D eigenvalue weighted by molar-refractivity contribution is 0.0949. The summed E-state index contributed by atoms with van der Waals surface area (Å²) in [6.07, 6.45) is 4.69. The largest absolute Gasteiger partial charge is 0.346 e. The highest BCUT2D eigenvalue weighted by molar-refractivity contribution is 5.93. The third-order valence-electron chi connectivity index (χ3n) is 3.38. The Bertz CT molecular complexity index is 801. The Morgan fingerprint density at radius 2 is 1.75 bits per heavy atom. The fourth-order valence-corrected chi connectivity index (χ4v) is 2.05. The molecule has 2 heterocycles. The Balaban J connectivity index is 1.59. The van der Waals surface area contributed by atoms with Crippen molar-refractivity contribution in [2.45, 2.75) is 13.5 Å². The van der Waals surface area contributed by atoms with Crippen LogP contribution in [0, 0.1) is 6.92 Å². The second-order valence-corrected chi connectivity index (χ2v) is 5.29. The van der Waals surface area contributed by atoms with Gasteiger partial charge in [-0.3, -0.25) is 9.78 Å². The molecule has 1 amide bonds. The molecule has 0 aliphatic carbocycles. The minimum absolute atomic E-state index is 0.234. The van der Waals surface area contributed by atoms with Gasteiger partial charge in [-0.2, -0.15) is 0 Å². The van der Waals surface area contributed by atoms with Crippen LogP contribution in [0.4, 0.5) is 11.6 Å². The van der Waals surface area contributed by atoms with E-state index in [0.29, 0.717) is 18.1 Å². The molecule has 1 aromatic carbocycles. The summed E-state index contributed by atoms with van der Waals surface area (Å²) in [6, 6.07) is 13.5. The second-order valence-electron chi connectivity index (χ2n) is 5.29. The number of rotatable bonds is 5. The quantitative estimate of drug-likeness (QED) is 0.756. The summed E-state index contributed by atoms with van der Waals surface area (Å²) in [5, 5.41) is 5.88. The zero-order valence-corrected chi connectivity index (χ0v) is 13.2. The first kappa shape index (κ1) is 15.6. The van der Waals surface area contributed by atoms with Crippen molar-refractivity contribution in [1.29, 1.82) is 0 Å². The number of aryl methyl sites for hydroxylation is 1. The van der Waals surface area contributed by atoms with Gasteiger partial charge in [0.05, 0.1) is 17.8 Å². The van der Waals surface area contributed by atoms with E-state index >= 15 is 0 Å². The van der Waals surface area contributed by atoms with Gasteiger partial charge in [-0.05, 0) is 31.2 Å². The van der Waals surface area contributed by atoms with Gasteiger partial charge < -0.3 is 10.6 Å². The van der Waals surface area contributed by atoms with Gasteiger partial charge in [0.15, 0.2) is 0 Å². The predicted molar refractivity (Wildman–Crippen MR) is 91.9 cm³/mol. The Hall–Kier alpha value is -3.28. The molecule has 0 fully saturated rings. The van der Waals surface area contributed by atoms with Gasteiger partial charge in [0.25, 0.3) is 5.91 Å². The van der Waals surface area contributed by atoms with E-state index < -0.39 is 0 Å². The van der Waals surface area contributed by atoms with Gasteiger partial charge in [0.2, 0.25) is 5.95 Å². The van der Waals surface area contributed by atoms with Gasteiger partial charge in [0.1, 0.15) is 0 Å². The minimum atomic E-state index is -0.234. The van der Waals surface area contributed by atoms with Crippen LogP contribution in [0.3, 0.4) is 0 Å². The van der Waals surface area contributed by atoms with Crippen LogP contribution in [-0.4, -0.2) is 20.9 Å². The number of aromatic nitrogens is 3. The summed E-state index contributed by atoms with van der Waals surface area (Å²) in [7, 11) is 0. The molecule has 0 radical (unpaired) electrons. The van der Waals surface area contributed by atoms with E-state index in [1.807, 2.05) is 49.4 Å². The average Bonchev–Trinajstić information content (AvgIpc) is 2.63. The summed E-state index contributed by atoms with van der Waals surface area (Å²) < 4.78 is 0. The Morgan fingerprint density at radius 3 is 2.42 bits per heavy atom. The van der Waals surface area contributed by atoms with Crippen molar-refractivity contribution in [2.24, 2.45) is 0 Å². The van der Waals surface area contributed by atoms with Gasteiger partial charge >= 0.3 is 0 Å². The molecule has 120 valence electrons. The van der Waals surface area contributed by atoms with Crippen LogP contribution < -0.4 is 10.6 Å². The van der Waals surface area contributed by atoms with Crippen molar-refractivity contribution in [1.82, 2.24) is 20.3 Å². The molecule has 0 aliphatic rings. The Morgan fingerprint density at radius 1 is 1.00 bits per heavy atom. The SMILES string of the molecule is Cc1ccc(Nc2ncc(C(=O)NCc3ccccn3)cn2)cc1. The van der Waals surface area contributed by atoms with Gasteiger partial charge in [-0.15, -0.1) is 0 Å². The zero-order valence-electron chi connectivity index (χ0n) is 13.2. The van der Waals surface area contributed by atoms with E-state index in [1.54, 1.807) is 6.20 Å². The monoisotopic (exact) mass is 319 g/mol. The molecule has 0 unspecified atom stereocenters. The molecule has 24 heavy (non-hydrogen) atoms. The van der Waals surface area contributed by atoms with Crippen molar-refractivity contribution >= 4 is 17.5 Å². The molecule has 0 spiro atoms. The topological polar surface area (TPSA) is 79.8 Å². The zero-order chi connectivity index (χ0) is 16.8. The third kappa shape index (κ3) is 4.13. The maximum atomic E-state index is 12.1. The normalized spacial score (nSPS) is 10.2. The number of amides is 1. The maximum Gasteiger partial charge on any atom is 0.254 e. The molecule has 2 N–H and O–H groups in total. The third-order valence-corrected chi connectivity index (χ3v) is 3.38. The summed E-state index contributed by atoms with van der Waals surface area (Å²) >= 11 is 0. The van der Waals surface area contributed by atoms with Gasteiger partial charge in [-0.25, -0.2) is 9.97 Å². The maximum absolute atomic E-state index is 12.1. The van der Waals surface area contributed by atoms with Crippen molar-refractivity contribution in [3.8, 4) is 0 Å². The minimum Gasteiger partial charge on any atom is -0.346 e. The molecule has 0 atom stereocenters. The van der Waals surface area contributed by atoms with E-state index in [2.05, 4.69) is 25.6 Å². The summed E-state index contributed by atoms with van der Waals surface area (Å²) in [6.45, 7) is 2.39. The highest BCUT2D eigenvalue weighted by Crippen LogP contribution is 2.13. The first-order valence-corrected chi connectivity index (χ1v) is 7.54. The predicted octanol–water partition coefficient (Wildman–Crippen LogP) is 2.85. The van der Waals surface area contributed by atoms with E-state index in [0.717, 1.165) is 11.4 Å². The number of nitrogens with zero attached hydrogens (tertiary/aromatic N) is 3. The van der Waals surface area contributed by atoms with E-state index in [-0.39, 0.29) is 5.91 Å². The van der Waals surface area contributed by atoms with Gasteiger partial charge in [0, 0.05) is 24.3 Å². The lowest BCUT2D eigenvalue weighted by atomic mass is 10.2. The van der Waals surface area contributed by atoms with Crippen molar-refractivity contribution in [3.63, 3.8) is 0 Å². The summed E-state index contributed by atoms with van der Waals surface area (Å²) in [4.78, 5) is 24.6. The van der Waals surface area contributed by atoms with E-state index in [4.69, 9.17) is 0 Å². The fourth-order valence-electron chi connectivity index (χ4n) is 2.05. The van der Waals surface area contributed by atoms with Crippen LogP contribution in [0.15, 0.2) is 61.1 Å². The first-order valence-electron chi connectivity index (χ1n) is 7.54. The molecule has 6 nitrogen and oxygen atoms in total. The molecule has 3 aromatic rings. The fraction of sp³-hybridized carbons (Fsp3) is 0.111. The van der Waals surface area contributed by atoms with E-state index in [9.17, 15) is 4.79 Å². The number of carbonyl (C=O) groups excluding carboxylic acids is 1. The molecular formula is C18H17N5O. The number of carbonyl (C=O) groups is 1. The van der Waals surface area contributed by atoms with E-state index in [1.165, 1.54) is 18.0 Å². The number of hydrogen-bond acceptors (Lipinski definition) is 5. The highest BCUT2D eigenvalue weighted by atomic mass is 16.1. The van der Waals surface area contributed by atoms with Crippen LogP contribution in [0.2, 0.25) is 0 Å². The number of anilines is 2. The molecule has 0 saturated heterocycles. The van der Waals surface area contributed by atoms with Crippen molar-refractivity contribution in [2.75, 3.05) is 5.32 Å². The lowest BCUT2D eigenvalue weighted by Crippen LogP contribution is -2.23. The number of pyridine rings is 1. The standard InChI is InChI=1S/C18H17N5O/c1-13-5-7-15(8-6-13)23-18-21-10-14(11-22-18)17(24)20-12-16-4-2-3-9-19-16/h2-11H,12H2,1H3,(H,20,24)(H,21,22,23). The van der Waals surface area contributed by atoms with Crippen LogP contribution in [0.1, 0.15) is 21.6 Å². The van der Waals surface area contributed by atoms with Crippen molar-refractivity contribution < 1.29 is 4.79 Å². The highest BCUT2D eigenvalue weighted by Gasteiger charge is 2.07. The molecular weight excluding hydrogens is 302 g/mol. The van der Waals surface area contributed by atoms with Crippen LogP contribution in [0.25, 0.3) is 0 Å². The molecule has 2 aromatic heterocycles. The first-order chi connectivity index (χ1) is 11.7. The Kier molecular flexibility index (Phi) is 4.76. The Labute approximate surface area is 140 Å². The molecule has 3 rings (SSSR count). The molecule has 0 bridgehead atoms.